The zero-order valence-electron chi connectivity index (χ0n) is 8.83. The first-order valence-corrected chi connectivity index (χ1v) is 5.21. The summed E-state index contributed by atoms with van der Waals surface area (Å²) in [6.07, 6.45) is -3.55. The van der Waals surface area contributed by atoms with Crippen molar-refractivity contribution in [3.8, 4) is 11.6 Å². The molecule has 0 saturated carbocycles. The standard InChI is InChI=1S/C12H6ClF3NO/c13-9-1-3-10(4-2-9)18-11-7-8(5-6-17-11)12(14,15)16/h1-4,6-7H. The summed E-state index contributed by atoms with van der Waals surface area (Å²) in [6.45, 7) is 0. The molecule has 0 unspecified atom stereocenters. The van der Waals surface area contributed by atoms with Gasteiger partial charge in [0.05, 0.1) is 5.56 Å². The number of alkyl halides is 3. The van der Waals surface area contributed by atoms with E-state index in [9.17, 15) is 13.2 Å². The number of nitrogens with zero attached hydrogens (tertiary/aromatic N) is 1. The summed E-state index contributed by atoms with van der Waals surface area (Å²) in [4.78, 5) is 3.66. The van der Waals surface area contributed by atoms with Crippen molar-refractivity contribution >= 4 is 11.6 Å². The van der Waals surface area contributed by atoms with E-state index in [1.807, 2.05) is 6.07 Å². The molecule has 0 aliphatic rings. The highest BCUT2D eigenvalue weighted by atomic mass is 35.5. The molecule has 1 aromatic carbocycles. The molecule has 0 saturated heterocycles. The van der Waals surface area contributed by atoms with Crippen LogP contribution in [0, 0.1) is 6.07 Å². The number of aromatic nitrogens is 1. The molecule has 18 heavy (non-hydrogen) atoms. The first kappa shape index (κ1) is 12.7. The first-order chi connectivity index (χ1) is 8.45. The maximum absolute atomic E-state index is 12.4. The zero-order valence-corrected chi connectivity index (χ0v) is 9.59. The maximum Gasteiger partial charge on any atom is 0.417 e. The lowest BCUT2D eigenvalue weighted by Gasteiger charge is -2.08. The second-order valence-corrected chi connectivity index (χ2v) is 3.79. The van der Waals surface area contributed by atoms with E-state index in [2.05, 4.69) is 4.98 Å². The van der Waals surface area contributed by atoms with Gasteiger partial charge in [-0.3, -0.25) is 0 Å². The van der Waals surface area contributed by atoms with Gasteiger partial charge in [-0.1, -0.05) is 11.6 Å². The average Bonchev–Trinajstić information content (AvgIpc) is 2.31. The van der Waals surface area contributed by atoms with Gasteiger partial charge in [0.15, 0.2) is 0 Å². The predicted molar refractivity (Wildman–Crippen MR) is 59.6 cm³/mol. The van der Waals surface area contributed by atoms with E-state index in [0.29, 0.717) is 10.8 Å². The normalized spacial score (nSPS) is 11.3. The van der Waals surface area contributed by atoms with Crippen molar-refractivity contribution in [2.24, 2.45) is 0 Å². The molecule has 1 radical (unpaired) electrons. The van der Waals surface area contributed by atoms with E-state index < -0.39 is 11.7 Å². The van der Waals surface area contributed by atoms with Crippen molar-refractivity contribution in [3.63, 3.8) is 0 Å². The lowest BCUT2D eigenvalue weighted by molar-refractivity contribution is -0.138. The van der Waals surface area contributed by atoms with Gasteiger partial charge in [-0.2, -0.15) is 13.2 Å². The molecule has 93 valence electrons. The topological polar surface area (TPSA) is 22.1 Å². The van der Waals surface area contributed by atoms with Gasteiger partial charge in [-0.15, -0.1) is 0 Å². The van der Waals surface area contributed by atoms with Gasteiger partial charge in [0.1, 0.15) is 5.75 Å². The number of hydrogen-bond donors (Lipinski definition) is 0. The van der Waals surface area contributed by atoms with Crippen molar-refractivity contribution in [2.75, 3.05) is 0 Å². The van der Waals surface area contributed by atoms with Crippen LogP contribution in [0.5, 0.6) is 11.6 Å². The monoisotopic (exact) mass is 272 g/mol. The van der Waals surface area contributed by atoms with Crippen LogP contribution >= 0.6 is 11.6 Å². The summed E-state index contributed by atoms with van der Waals surface area (Å²) < 4.78 is 42.5. The lowest BCUT2D eigenvalue weighted by Crippen LogP contribution is -2.05. The average molecular weight is 273 g/mol. The van der Waals surface area contributed by atoms with Gasteiger partial charge >= 0.3 is 6.18 Å². The number of benzene rings is 1. The molecule has 2 rings (SSSR count). The maximum atomic E-state index is 12.4. The molecule has 0 aliphatic heterocycles. The van der Waals surface area contributed by atoms with E-state index in [4.69, 9.17) is 16.3 Å². The molecule has 6 heteroatoms. The van der Waals surface area contributed by atoms with Crippen LogP contribution in [0.15, 0.2) is 36.5 Å². The Morgan fingerprint density at radius 1 is 1.17 bits per heavy atom. The summed E-state index contributed by atoms with van der Waals surface area (Å²) in [5.74, 6) is 0.203. The van der Waals surface area contributed by atoms with Gasteiger partial charge in [-0.25, -0.2) is 4.98 Å². The third-order valence-corrected chi connectivity index (χ3v) is 2.27. The molecule has 1 aromatic heterocycles. The Morgan fingerprint density at radius 3 is 2.44 bits per heavy atom. The minimum absolute atomic E-state index is 0.150. The third-order valence-electron chi connectivity index (χ3n) is 2.02. The minimum atomic E-state index is -4.47. The Bertz CT molecular complexity index is 540. The molecule has 0 fully saturated rings. The molecule has 0 spiro atoms. The molecule has 0 N–H and O–H groups in total. The predicted octanol–water partition coefficient (Wildman–Crippen LogP) is 4.35. The fraction of sp³-hybridized carbons (Fsp3) is 0.0833. The smallest absolute Gasteiger partial charge is 0.417 e. The highest BCUT2D eigenvalue weighted by molar-refractivity contribution is 6.30. The first-order valence-electron chi connectivity index (χ1n) is 4.83. The van der Waals surface area contributed by atoms with Crippen molar-refractivity contribution in [1.29, 1.82) is 0 Å². The number of pyridine rings is 1. The molecule has 0 atom stereocenters. The van der Waals surface area contributed by atoms with Gasteiger partial charge in [-0.05, 0) is 24.3 Å². The van der Waals surface area contributed by atoms with Crippen LogP contribution in [0.2, 0.25) is 5.02 Å². The van der Waals surface area contributed by atoms with Crippen LogP contribution < -0.4 is 4.74 Å². The Hall–Kier alpha value is -1.75. The van der Waals surface area contributed by atoms with Gasteiger partial charge in [0, 0.05) is 23.4 Å². The van der Waals surface area contributed by atoms with Crippen molar-refractivity contribution < 1.29 is 17.9 Å². The highest BCUT2D eigenvalue weighted by Gasteiger charge is 2.31. The SMILES string of the molecule is FC(F)(F)c1[c]cnc(Oc2ccc(Cl)cc2)c1. The van der Waals surface area contributed by atoms with E-state index in [-0.39, 0.29) is 5.88 Å². The number of rotatable bonds is 2. The van der Waals surface area contributed by atoms with Crippen LogP contribution in [0.25, 0.3) is 0 Å². The Morgan fingerprint density at radius 2 is 1.83 bits per heavy atom. The van der Waals surface area contributed by atoms with E-state index in [1.165, 1.54) is 12.1 Å². The highest BCUT2D eigenvalue weighted by Crippen LogP contribution is 2.31. The number of hydrogen-bond acceptors (Lipinski definition) is 2. The molecular formula is C12H6ClF3NO. The molecule has 0 aliphatic carbocycles. The lowest BCUT2D eigenvalue weighted by atomic mass is 10.2. The molecule has 1 heterocycles. The second-order valence-electron chi connectivity index (χ2n) is 3.35. The Balaban J connectivity index is 2.22. The number of halogens is 4. The summed E-state index contributed by atoms with van der Waals surface area (Å²) in [5, 5.41) is 0.507. The van der Waals surface area contributed by atoms with Crippen LogP contribution in [0.3, 0.4) is 0 Å². The molecule has 0 amide bonds. The molecule has 0 bridgehead atoms. The summed E-state index contributed by atoms with van der Waals surface area (Å²) in [6, 6.07) is 9.00. The summed E-state index contributed by atoms with van der Waals surface area (Å²) in [5.41, 5.74) is -0.929. The minimum Gasteiger partial charge on any atom is -0.439 e. The fourth-order valence-electron chi connectivity index (χ4n) is 1.21. The molecular weight excluding hydrogens is 267 g/mol. The van der Waals surface area contributed by atoms with Gasteiger partial charge in [0.25, 0.3) is 0 Å². The van der Waals surface area contributed by atoms with Crippen LogP contribution in [-0.2, 0) is 6.18 Å². The Labute approximate surface area is 106 Å². The molecule has 2 nitrogen and oxygen atoms in total. The van der Waals surface area contributed by atoms with Gasteiger partial charge < -0.3 is 4.74 Å². The van der Waals surface area contributed by atoms with Crippen molar-refractivity contribution in [1.82, 2.24) is 4.98 Å². The summed E-state index contributed by atoms with van der Waals surface area (Å²) in [7, 11) is 0. The number of ether oxygens (including phenoxy) is 1. The van der Waals surface area contributed by atoms with Crippen molar-refractivity contribution in [3.05, 3.63) is 53.2 Å². The second kappa shape index (κ2) is 4.86. The quantitative estimate of drug-likeness (QED) is 0.811. The van der Waals surface area contributed by atoms with Crippen LogP contribution in [-0.4, -0.2) is 4.98 Å². The van der Waals surface area contributed by atoms with E-state index >= 15 is 0 Å². The van der Waals surface area contributed by atoms with Crippen LogP contribution in [0.4, 0.5) is 13.2 Å². The van der Waals surface area contributed by atoms with Gasteiger partial charge in [0.2, 0.25) is 5.88 Å². The Kier molecular flexibility index (Phi) is 3.43. The van der Waals surface area contributed by atoms with E-state index in [0.717, 1.165) is 12.3 Å². The zero-order chi connectivity index (χ0) is 13.2. The largest absolute Gasteiger partial charge is 0.439 e. The van der Waals surface area contributed by atoms with Crippen molar-refractivity contribution in [2.45, 2.75) is 6.18 Å². The fourth-order valence-corrected chi connectivity index (χ4v) is 1.34. The summed E-state index contributed by atoms with van der Waals surface area (Å²) >= 11 is 5.67. The van der Waals surface area contributed by atoms with E-state index in [1.54, 1.807) is 12.1 Å². The van der Waals surface area contributed by atoms with Crippen LogP contribution in [0.1, 0.15) is 5.56 Å². The third kappa shape index (κ3) is 3.13. The molecule has 2 aromatic rings.